The van der Waals surface area contributed by atoms with Crippen LogP contribution in [0.15, 0.2) is 60.8 Å². The highest BCUT2D eigenvalue weighted by Gasteiger charge is 2.44. The number of nitrogens with one attached hydrogen (secondary N) is 1. The molecule has 1 saturated heterocycles. The monoisotopic (exact) mass is 1000 g/mol. The summed E-state index contributed by atoms with van der Waals surface area (Å²) in [5, 5.41) is 54.3. The molecule has 0 radical (unpaired) electrons. The van der Waals surface area contributed by atoms with E-state index in [-0.39, 0.29) is 12.5 Å². The van der Waals surface area contributed by atoms with Crippen LogP contribution in [0.1, 0.15) is 271 Å². The summed E-state index contributed by atoms with van der Waals surface area (Å²) in [7, 11) is 0. The smallest absolute Gasteiger partial charge is 0.220 e. The van der Waals surface area contributed by atoms with Crippen molar-refractivity contribution in [2.24, 2.45) is 0 Å². The van der Waals surface area contributed by atoms with Gasteiger partial charge < -0.3 is 40.3 Å². The van der Waals surface area contributed by atoms with Crippen LogP contribution in [-0.2, 0) is 14.3 Å². The van der Waals surface area contributed by atoms with Gasteiger partial charge in [-0.05, 0) is 70.6 Å². The predicted molar refractivity (Wildman–Crippen MR) is 299 cm³/mol. The molecule has 0 saturated carbocycles. The normalized spacial score (nSPS) is 19.7. The van der Waals surface area contributed by atoms with Crippen LogP contribution in [-0.4, -0.2) is 87.5 Å². The van der Waals surface area contributed by atoms with Gasteiger partial charge in [-0.15, -0.1) is 0 Å². The fourth-order valence-electron chi connectivity index (χ4n) is 9.29. The molecule has 0 aromatic heterocycles. The second-order valence-corrected chi connectivity index (χ2v) is 20.8. The maximum absolute atomic E-state index is 13.0. The second-order valence-electron chi connectivity index (χ2n) is 20.8. The van der Waals surface area contributed by atoms with Crippen LogP contribution in [0.2, 0.25) is 0 Å². The van der Waals surface area contributed by atoms with Crippen molar-refractivity contribution in [1.29, 1.82) is 0 Å². The van der Waals surface area contributed by atoms with Crippen LogP contribution < -0.4 is 5.32 Å². The molecule has 6 N–H and O–H groups in total. The van der Waals surface area contributed by atoms with E-state index in [1.54, 1.807) is 6.08 Å². The number of allylic oxidation sites excluding steroid dienone is 9. The number of rotatable bonds is 51. The SMILES string of the molecule is CCC/C=C/CC/C=C/CC/C=C/C(O)C(COC1OC(CO)C(O)C(O)C1O)NC(=O)CCCCCCCCCCCCCCCCCCCCCCCCCCC/C=C\C/C=C\CCCCCCC. The molecule has 1 aliphatic heterocycles. The number of aliphatic hydroxyl groups excluding tert-OH is 5. The highest BCUT2D eigenvalue weighted by Crippen LogP contribution is 2.23. The number of amides is 1. The van der Waals surface area contributed by atoms with E-state index in [4.69, 9.17) is 9.47 Å². The van der Waals surface area contributed by atoms with E-state index in [0.717, 1.165) is 64.2 Å². The number of unbranched alkanes of at least 4 members (excludes halogenated alkanes) is 33. The molecule has 7 unspecified atom stereocenters. The van der Waals surface area contributed by atoms with E-state index in [9.17, 15) is 30.3 Å². The van der Waals surface area contributed by atoms with Gasteiger partial charge in [-0.3, -0.25) is 4.79 Å². The van der Waals surface area contributed by atoms with Crippen molar-refractivity contribution < 1.29 is 39.8 Å². The van der Waals surface area contributed by atoms with Crippen LogP contribution in [0, 0.1) is 0 Å². The number of aliphatic hydroxyl groups is 5. The van der Waals surface area contributed by atoms with E-state index >= 15 is 0 Å². The van der Waals surface area contributed by atoms with E-state index in [1.807, 2.05) is 6.08 Å². The first kappa shape index (κ1) is 66.9. The van der Waals surface area contributed by atoms with Gasteiger partial charge in [0, 0.05) is 6.42 Å². The highest BCUT2D eigenvalue weighted by molar-refractivity contribution is 5.76. The van der Waals surface area contributed by atoms with Gasteiger partial charge in [0.05, 0.1) is 25.4 Å². The first-order valence-corrected chi connectivity index (χ1v) is 30.0. The van der Waals surface area contributed by atoms with E-state index in [1.165, 1.54) is 186 Å². The number of ether oxygens (including phenoxy) is 2. The summed E-state index contributed by atoms with van der Waals surface area (Å²) in [6.45, 7) is 3.67. The zero-order valence-electron chi connectivity index (χ0n) is 46.0. The van der Waals surface area contributed by atoms with Crippen LogP contribution in [0.5, 0.6) is 0 Å². The summed E-state index contributed by atoms with van der Waals surface area (Å²) < 4.78 is 11.2. The highest BCUT2D eigenvalue weighted by atomic mass is 16.7. The summed E-state index contributed by atoms with van der Waals surface area (Å²) in [6.07, 6.45) is 63.4. The first-order valence-electron chi connectivity index (χ1n) is 30.0. The molecule has 9 nitrogen and oxygen atoms in total. The lowest BCUT2D eigenvalue weighted by molar-refractivity contribution is -0.302. The topological polar surface area (TPSA) is 149 Å². The van der Waals surface area contributed by atoms with Gasteiger partial charge in [-0.2, -0.15) is 0 Å². The zero-order chi connectivity index (χ0) is 51.5. The minimum atomic E-state index is -1.57. The lowest BCUT2D eigenvalue weighted by atomic mass is 9.99. The number of hydrogen-bond acceptors (Lipinski definition) is 8. The Kier molecular flexibility index (Phi) is 48.4. The molecule has 0 aromatic rings. The molecule has 0 aromatic carbocycles. The van der Waals surface area contributed by atoms with Crippen molar-refractivity contribution in [1.82, 2.24) is 5.32 Å². The number of hydrogen-bond donors (Lipinski definition) is 6. The van der Waals surface area contributed by atoms with Crippen molar-refractivity contribution >= 4 is 5.91 Å². The summed E-state index contributed by atoms with van der Waals surface area (Å²) in [4.78, 5) is 13.0. The van der Waals surface area contributed by atoms with Crippen LogP contribution in [0.4, 0.5) is 0 Å². The molecular weight excluding hydrogens is 887 g/mol. The van der Waals surface area contributed by atoms with Gasteiger partial charge in [-0.1, -0.05) is 254 Å². The molecule has 1 fully saturated rings. The molecule has 1 heterocycles. The minimum Gasteiger partial charge on any atom is -0.394 e. The molecule has 7 atom stereocenters. The van der Waals surface area contributed by atoms with Gasteiger partial charge >= 0.3 is 0 Å². The molecular formula is C62H113NO8. The Morgan fingerprint density at radius 3 is 1.31 bits per heavy atom. The molecule has 1 aliphatic rings. The molecule has 0 aliphatic carbocycles. The molecule has 71 heavy (non-hydrogen) atoms. The quantitative estimate of drug-likeness (QED) is 0.0261. The summed E-state index contributed by atoms with van der Waals surface area (Å²) in [5.41, 5.74) is 0. The lowest BCUT2D eigenvalue weighted by Crippen LogP contribution is -2.60. The third kappa shape index (κ3) is 40.9. The predicted octanol–water partition coefficient (Wildman–Crippen LogP) is 15.1. The van der Waals surface area contributed by atoms with E-state index < -0.39 is 49.5 Å². The van der Waals surface area contributed by atoms with Crippen LogP contribution in [0.3, 0.4) is 0 Å². The summed E-state index contributed by atoms with van der Waals surface area (Å²) in [6, 6.07) is -0.826. The lowest BCUT2D eigenvalue weighted by Gasteiger charge is -2.40. The molecule has 1 rings (SSSR count). The van der Waals surface area contributed by atoms with Crippen molar-refractivity contribution in [3.8, 4) is 0 Å². The van der Waals surface area contributed by atoms with Gasteiger partial charge in [0.25, 0.3) is 0 Å². The third-order valence-corrected chi connectivity index (χ3v) is 14.0. The molecule has 414 valence electrons. The van der Waals surface area contributed by atoms with Gasteiger partial charge in [-0.25, -0.2) is 0 Å². The fourth-order valence-corrected chi connectivity index (χ4v) is 9.29. The average molecular weight is 1000 g/mol. The Morgan fingerprint density at radius 1 is 0.479 bits per heavy atom. The van der Waals surface area contributed by atoms with Gasteiger partial charge in [0.2, 0.25) is 5.91 Å². The Balaban J connectivity index is 2.04. The molecule has 1 amide bonds. The largest absolute Gasteiger partial charge is 0.394 e. The van der Waals surface area contributed by atoms with E-state index in [0.29, 0.717) is 6.42 Å². The summed E-state index contributed by atoms with van der Waals surface area (Å²) >= 11 is 0. The van der Waals surface area contributed by atoms with Crippen LogP contribution >= 0.6 is 0 Å². The Bertz CT molecular complexity index is 1300. The third-order valence-electron chi connectivity index (χ3n) is 14.0. The molecule has 0 bridgehead atoms. The summed E-state index contributed by atoms with van der Waals surface area (Å²) in [5.74, 6) is -0.190. The van der Waals surface area contributed by atoms with Crippen LogP contribution in [0.25, 0.3) is 0 Å². The van der Waals surface area contributed by atoms with Crippen molar-refractivity contribution in [2.75, 3.05) is 13.2 Å². The number of carbonyl (C=O) groups is 1. The molecule has 0 spiro atoms. The Hall–Kier alpha value is -2.11. The Labute approximate surface area is 436 Å². The van der Waals surface area contributed by atoms with E-state index in [2.05, 4.69) is 67.8 Å². The van der Waals surface area contributed by atoms with Crippen molar-refractivity contribution in [3.63, 3.8) is 0 Å². The maximum atomic E-state index is 13.0. The number of carbonyl (C=O) groups excluding carboxylic acids is 1. The Morgan fingerprint density at radius 2 is 0.873 bits per heavy atom. The second kappa shape index (κ2) is 51.4. The average Bonchev–Trinajstić information content (AvgIpc) is 3.37. The maximum Gasteiger partial charge on any atom is 0.220 e. The van der Waals surface area contributed by atoms with Crippen molar-refractivity contribution in [2.45, 2.75) is 314 Å². The molecule has 9 heteroatoms. The standard InChI is InChI=1S/C62H113NO8/c1-3-5-7-9-11-13-15-16-17-18-19-20-21-22-23-24-25-26-27-28-29-30-31-32-33-34-35-36-37-38-39-40-42-44-46-48-50-52-58(66)63-55(54-70-62-61(69)60(68)59(67)57(53-64)71-62)56(65)51-49-47-45-43-41-14-12-10-8-6-4-2/h8,10,15-16,18-19,41,43,49,51,55-57,59-62,64-65,67-69H,3-7,9,11-14,17,20-40,42,44-48,50,52-54H2,1-2H3,(H,63,66)/b10-8+,16-15-,19-18-,43-41+,51-49+. The van der Waals surface area contributed by atoms with Gasteiger partial charge in [0.1, 0.15) is 24.4 Å². The van der Waals surface area contributed by atoms with Crippen molar-refractivity contribution in [3.05, 3.63) is 60.8 Å². The minimum absolute atomic E-state index is 0.190. The fraction of sp³-hybridized carbons (Fsp3) is 0.823. The van der Waals surface area contributed by atoms with Gasteiger partial charge in [0.15, 0.2) is 6.29 Å². The zero-order valence-corrected chi connectivity index (χ0v) is 46.0. The first-order chi connectivity index (χ1) is 34.8.